The minimum absolute atomic E-state index is 0.0638. The van der Waals surface area contributed by atoms with Gasteiger partial charge in [0.15, 0.2) is 5.69 Å². The fraction of sp³-hybridized carbons (Fsp3) is 0.261. The van der Waals surface area contributed by atoms with Gasteiger partial charge in [0.2, 0.25) is 0 Å². The molecule has 3 aromatic rings. The van der Waals surface area contributed by atoms with Crippen LogP contribution in [-0.2, 0) is 19.3 Å². The molecule has 1 aliphatic rings. The SMILES string of the molecule is C[C@H](NC(=O)c1c(C(F)(F)F)nn2c1N(Cc1ccc(Cl)cc1)CC2)c1ccc(C(=O)O)cc1. The zero-order valence-electron chi connectivity index (χ0n) is 17.9. The second-order valence-corrected chi connectivity index (χ2v) is 8.37. The van der Waals surface area contributed by atoms with Crippen molar-refractivity contribution in [3.63, 3.8) is 0 Å². The molecule has 34 heavy (non-hydrogen) atoms. The van der Waals surface area contributed by atoms with Crippen molar-refractivity contribution in [2.24, 2.45) is 0 Å². The van der Waals surface area contributed by atoms with E-state index in [0.29, 0.717) is 17.1 Å². The number of carbonyl (C=O) groups excluding carboxylic acids is 1. The Morgan fingerprint density at radius 2 is 1.76 bits per heavy atom. The summed E-state index contributed by atoms with van der Waals surface area (Å²) in [6.45, 7) is 2.50. The number of nitrogens with one attached hydrogen (secondary N) is 1. The van der Waals surface area contributed by atoms with Crippen LogP contribution in [0.2, 0.25) is 5.02 Å². The summed E-state index contributed by atoms with van der Waals surface area (Å²) in [6, 6.07) is 12.0. The van der Waals surface area contributed by atoms with E-state index in [-0.39, 0.29) is 24.5 Å². The summed E-state index contributed by atoms with van der Waals surface area (Å²) in [5, 5.41) is 15.9. The molecule has 1 aliphatic heterocycles. The van der Waals surface area contributed by atoms with Gasteiger partial charge < -0.3 is 15.3 Å². The van der Waals surface area contributed by atoms with E-state index in [0.717, 1.165) is 5.56 Å². The molecule has 4 rings (SSSR count). The van der Waals surface area contributed by atoms with E-state index < -0.39 is 35.4 Å². The molecule has 0 radical (unpaired) electrons. The number of halogens is 4. The molecule has 0 fully saturated rings. The standard InChI is InChI=1S/C23H20ClF3N4O3/c1-13(15-4-6-16(7-5-15)22(33)34)28-20(32)18-19(23(25,26)27)29-31-11-10-30(21(18)31)12-14-2-8-17(24)9-3-14/h2-9,13H,10-12H2,1H3,(H,28,32)(H,33,34)/t13-/m0/s1. The van der Waals surface area contributed by atoms with Gasteiger partial charge in [-0.25, -0.2) is 9.48 Å². The van der Waals surface area contributed by atoms with Crippen molar-refractivity contribution in [2.75, 3.05) is 11.4 Å². The average molecular weight is 493 g/mol. The fourth-order valence-electron chi connectivity index (χ4n) is 3.89. The summed E-state index contributed by atoms with van der Waals surface area (Å²) < 4.78 is 42.6. The summed E-state index contributed by atoms with van der Waals surface area (Å²) in [5.41, 5.74) is -0.337. The van der Waals surface area contributed by atoms with E-state index in [1.165, 1.54) is 28.9 Å². The second-order valence-electron chi connectivity index (χ2n) is 7.94. The van der Waals surface area contributed by atoms with Crippen molar-refractivity contribution < 1.29 is 27.9 Å². The van der Waals surface area contributed by atoms with Crippen molar-refractivity contribution in [3.05, 3.63) is 81.5 Å². The van der Waals surface area contributed by atoms with E-state index >= 15 is 0 Å². The predicted molar refractivity (Wildman–Crippen MR) is 119 cm³/mol. The van der Waals surface area contributed by atoms with Gasteiger partial charge in [-0.2, -0.15) is 18.3 Å². The number of rotatable bonds is 6. The first-order chi connectivity index (χ1) is 16.0. The molecular weight excluding hydrogens is 473 g/mol. The molecule has 2 N–H and O–H groups in total. The van der Waals surface area contributed by atoms with E-state index in [9.17, 15) is 22.8 Å². The smallest absolute Gasteiger partial charge is 0.436 e. The number of amides is 1. The highest BCUT2D eigenvalue weighted by Crippen LogP contribution is 2.38. The van der Waals surface area contributed by atoms with Gasteiger partial charge in [0.1, 0.15) is 11.4 Å². The molecule has 1 aromatic heterocycles. The van der Waals surface area contributed by atoms with E-state index in [1.54, 1.807) is 36.1 Å². The van der Waals surface area contributed by atoms with Gasteiger partial charge in [-0.1, -0.05) is 35.9 Å². The Morgan fingerprint density at radius 1 is 1.12 bits per heavy atom. The van der Waals surface area contributed by atoms with Crippen LogP contribution in [0.4, 0.5) is 19.0 Å². The largest absolute Gasteiger partial charge is 0.478 e. The van der Waals surface area contributed by atoms with Gasteiger partial charge in [0.05, 0.1) is 18.2 Å². The van der Waals surface area contributed by atoms with Crippen LogP contribution in [0.3, 0.4) is 0 Å². The molecule has 2 heterocycles. The van der Waals surface area contributed by atoms with Crippen LogP contribution in [0, 0.1) is 0 Å². The second kappa shape index (κ2) is 9.02. The zero-order valence-corrected chi connectivity index (χ0v) is 18.7. The molecule has 0 saturated carbocycles. The third-order valence-electron chi connectivity index (χ3n) is 5.59. The Balaban J connectivity index is 1.64. The highest BCUT2D eigenvalue weighted by Gasteiger charge is 2.44. The van der Waals surface area contributed by atoms with Gasteiger partial charge in [0, 0.05) is 18.1 Å². The first-order valence-electron chi connectivity index (χ1n) is 10.4. The van der Waals surface area contributed by atoms with Crippen LogP contribution < -0.4 is 10.2 Å². The summed E-state index contributed by atoms with van der Waals surface area (Å²) in [7, 11) is 0. The van der Waals surface area contributed by atoms with Gasteiger partial charge >= 0.3 is 12.1 Å². The Hall–Kier alpha value is -3.53. The Morgan fingerprint density at radius 3 is 2.35 bits per heavy atom. The number of carbonyl (C=O) groups is 2. The average Bonchev–Trinajstić information content (AvgIpc) is 3.35. The summed E-state index contributed by atoms with van der Waals surface area (Å²) in [5.74, 6) is -1.91. The summed E-state index contributed by atoms with van der Waals surface area (Å²) in [4.78, 5) is 25.9. The molecule has 0 unspecified atom stereocenters. The van der Waals surface area contributed by atoms with E-state index in [1.807, 2.05) is 0 Å². The van der Waals surface area contributed by atoms with Crippen molar-refractivity contribution >= 4 is 29.3 Å². The molecule has 0 saturated heterocycles. The van der Waals surface area contributed by atoms with Gasteiger partial charge in [-0.3, -0.25) is 4.79 Å². The van der Waals surface area contributed by atoms with Gasteiger partial charge in [0.25, 0.3) is 5.91 Å². The quantitative estimate of drug-likeness (QED) is 0.518. The number of fused-ring (bicyclic) bond motifs is 1. The lowest BCUT2D eigenvalue weighted by Gasteiger charge is -2.21. The molecular formula is C23H20ClF3N4O3. The number of aromatic nitrogens is 2. The predicted octanol–water partition coefficient (Wildman–Crippen LogP) is 4.76. The third-order valence-corrected chi connectivity index (χ3v) is 5.85. The normalized spacial score (nSPS) is 14.1. The van der Waals surface area contributed by atoms with E-state index in [2.05, 4.69) is 10.4 Å². The fourth-order valence-corrected chi connectivity index (χ4v) is 4.02. The monoisotopic (exact) mass is 492 g/mol. The lowest BCUT2D eigenvalue weighted by molar-refractivity contribution is -0.141. The lowest BCUT2D eigenvalue weighted by atomic mass is 10.1. The molecule has 1 amide bonds. The molecule has 0 aliphatic carbocycles. The Bertz CT molecular complexity index is 1220. The molecule has 2 aromatic carbocycles. The number of aromatic carboxylic acids is 1. The number of benzene rings is 2. The van der Waals surface area contributed by atoms with Crippen molar-refractivity contribution in [1.82, 2.24) is 15.1 Å². The van der Waals surface area contributed by atoms with Crippen molar-refractivity contribution in [2.45, 2.75) is 32.2 Å². The minimum atomic E-state index is -4.82. The number of anilines is 1. The lowest BCUT2D eigenvalue weighted by Crippen LogP contribution is -2.31. The first kappa shape index (κ1) is 23.6. The molecule has 0 spiro atoms. The van der Waals surface area contributed by atoms with Crippen LogP contribution in [0.5, 0.6) is 0 Å². The molecule has 1 atom stereocenters. The zero-order chi connectivity index (χ0) is 24.6. The maximum Gasteiger partial charge on any atom is 0.436 e. The maximum atomic E-state index is 13.8. The number of carboxylic acids is 1. The number of carboxylic acid groups (broad SMARTS) is 1. The van der Waals surface area contributed by atoms with Crippen LogP contribution in [-0.4, -0.2) is 33.3 Å². The van der Waals surface area contributed by atoms with E-state index in [4.69, 9.17) is 16.7 Å². The van der Waals surface area contributed by atoms with Gasteiger partial charge in [-0.05, 0) is 42.3 Å². The molecule has 11 heteroatoms. The van der Waals surface area contributed by atoms with Crippen molar-refractivity contribution in [3.8, 4) is 0 Å². The van der Waals surface area contributed by atoms with Crippen LogP contribution in [0.15, 0.2) is 48.5 Å². The molecule has 178 valence electrons. The maximum absolute atomic E-state index is 13.8. The number of alkyl halides is 3. The highest BCUT2D eigenvalue weighted by atomic mass is 35.5. The summed E-state index contributed by atoms with van der Waals surface area (Å²) in [6.07, 6.45) is -4.82. The first-order valence-corrected chi connectivity index (χ1v) is 10.7. The minimum Gasteiger partial charge on any atom is -0.478 e. The van der Waals surface area contributed by atoms with Crippen LogP contribution >= 0.6 is 11.6 Å². The van der Waals surface area contributed by atoms with Crippen molar-refractivity contribution in [1.29, 1.82) is 0 Å². The number of nitrogens with zero attached hydrogens (tertiary/aromatic N) is 3. The molecule has 7 nitrogen and oxygen atoms in total. The number of hydrogen-bond donors (Lipinski definition) is 2. The van der Waals surface area contributed by atoms with Gasteiger partial charge in [-0.15, -0.1) is 0 Å². The Kier molecular flexibility index (Phi) is 6.26. The topological polar surface area (TPSA) is 87.5 Å². The summed E-state index contributed by atoms with van der Waals surface area (Å²) >= 11 is 5.92. The Labute approximate surface area is 197 Å². The van der Waals surface area contributed by atoms with Crippen LogP contribution in [0.1, 0.15) is 50.5 Å². The number of hydrogen-bond acceptors (Lipinski definition) is 4. The molecule has 0 bridgehead atoms. The van der Waals surface area contributed by atoms with Crippen LogP contribution in [0.25, 0.3) is 0 Å². The third kappa shape index (κ3) is 4.72. The highest BCUT2D eigenvalue weighted by molar-refractivity contribution is 6.30.